The molecule has 1 atom stereocenters. The molecule has 0 spiro atoms. The number of carbonyl (C=O) groups is 3. The van der Waals surface area contributed by atoms with E-state index in [2.05, 4.69) is 37.8 Å². The Morgan fingerprint density at radius 1 is 0.706 bits per heavy atom. The van der Waals surface area contributed by atoms with E-state index in [-0.39, 0.29) is 18.8 Å². The van der Waals surface area contributed by atoms with Gasteiger partial charge < -0.3 is 31.3 Å². The summed E-state index contributed by atoms with van der Waals surface area (Å²) in [4.78, 5) is 45.8. The lowest BCUT2D eigenvalue weighted by atomic mass is 10.1. The molecule has 1 aromatic rings. The summed E-state index contributed by atoms with van der Waals surface area (Å²) in [7, 11) is 0. The summed E-state index contributed by atoms with van der Waals surface area (Å²) < 4.78 is 0. The first-order chi connectivity index (χ1) is 16.3. The fourth-order valence-electron chi connectivity index (χ4n) is 3.17. The predicted octanol–water partition coefficient (Wildman–Crippen LogP) is 3.43. The molecule has 0 aliphatic carbocycles. The van der Waals surface area contributed by atoms with Gasteiger partial charge in [0.15, 0.2) is 0 Å². The van der Waals surface area contributed by atoms with Gasteiger partial charge in [-0.1, -0.05) is 39.0 Å². The van der Waals surface area contributed by atoms with Crippen molar-refractivity contribution >= 4 is 35.8 Å². The number of hydrogen-bond acceptors (Lipinski definition) is 9. The van der Waals surface area contributed by atoms with Gasteiger partial charge in [0.25, 0.3) is 0 Å². The zero-order valence-electron chi connectivity index (χ0n) is 19.9. The van der Waals surface area contributed by atoms with Gasteiger partial charge >= 0.3 is 17.9 Å². The minimum Gasteiger partial charge on any atom is -0.481 e. The summed E-state index contributed by atoms with van der Waals surface area (Å²) >= 11 is 0. The maximum atomic E-state index is 11.7. The van der Waals surface area contributed by atoms with Crippen LogP contribution < -0.4 is 16.0 Å². The second-order valence-electron chi connectivity index (χ2n) is 8.10. The molecule has 1 heterocycles. The van der Waals surface area contributed by atoms with Crippen LogP contribution in [0, 0.1) is 0 Å². The van der Waals surface area contributed by atoms with Crippen molar-refractivity contribution in [1.29, 1.82) is 0 Å². The molecule has 0 aromatic carbocycles. The van der Waals surface area contributed by atoms with Crippen LogP contribution in [0.3, 0.4) is 0 Å². The van der Waals surface area contributed by atoms with Gasteiger partial charge in [0.1, 0.15) is 6.04 Å². The summed E-state index contributed by atoms with van der Waals surface area (Å²) in [6.07, 6.45) is 7.56. The van der Waals surface area contributed by atoms with Crippen LogP contribution in [0.15, 0.2) is 0 Å². The van der Waals surface area contributed by atoms with E-state index in [0.717, 1.165) is 44.9 Å². The minimum absolute atomic E-state index is 0.134. The van der Waals surface area contributed by atoms with Gasteiger partial charge in [0, 0.05) is 25.9 Å². The highest BCUT2D eigenvalue weighted by Crippen LogP contribution is 2.14. The molecule has 1 unspecified atom stereocenters. The molecule has 0 saturated carbocycles. The maximum absolute atomic E-state index is 11.7. The third-order valence-electron chi connectivity index (χ3n) is 5.03. The van der Waals surface area contributed by atoms with Crippen molar-refractivity contribution in [1.82, 2.24) is 15.0 Å². The summed E-state index contributed by atoms with van der Waals surface area (Å²) in [6, 6.07) is -0.818. The number of rotatable bonds is 21. The molecule has 0 fully saturated rings. The number of carboxylic acid groups (broad SMARTS) is 3. The van der Waals surface area contributed by atoms with Crippen LogP contribution in [0.25, 0.3) is 0 Å². The van der Waals surface area contributed by atoms with Gasteiger partial charge in [0.2, 0.25) is 17.8 Å². The molecule has 12 heteroatoms. The lowest BCUT2D eigenvalue weighted by Gasteiger charge is -2.16. The quantitative estimate of drug-likeness (QED) is 0.140. The number of aromatic nitrogens is 3. The van der Waals surface area contributed by atoms with Crippen molar-refractivity contribution in [2.45, 2.75) is 90.0 Å². The smallest absolute Gasteiger partial charge is 0.326 e. The van der Waals surface area contributed by atoms with E-state index in [1.807, 2.05) is 0 Å². The maximum Gasteiger partial charge on any atom is 0.326 e. The normalized spacial score (nSPS) is 11.6. The van der Waals surface area contributed by atoms with Crippen molar-refractivity contribution in [3.63, 3.8) is 0 Å². The third kappa shape index (κ3) is 14.1. The molecule has 0 amide bonds. The molecule has 0 aliphatic heterocycles. The van der Waals surface area contributed by atoms with Gasteiger partial charge in [-0.05, 0) is 32.1 Å². The number of anilines is 3. The number of carboxylic acids is 3. The highest BCUT2D eigenvalue weighted by molar-refractivity contribution is 5.76. The predicted molar refractivity (Wildman–Crippen MR) is 128 cm³/mol. The lowest BCUT2D eigenvalue weighted by Crippen LogP contribution is -2.30. The van der Waals surface area contributed by atoms with Crippen molar-refractivity contribution in [3.8, 4) is 0 Å². The zero-order chi connectivity index (χ0) is 25.2. The monoisotopic (exact) mass is 482 g/mol. The average Bonchev–Trinajstić information content (AvgIpc) is 2.77. The molecule has 192 valence electrons. The van der Waals surface area contributed by atoms with Crippen LogP contribution in [0.2, 0.25) is 0 Å². The lowest BCUT2D eigenvalue weighted by molar-refractivity contribution is -0.138. The first-order valence-electron chi connectivity index (χ1n) is 12.0. The molecule has 34 heavy (non-hydrogen) atoms. The first kappa shape index (κ1) is 28.9. The van der Waals surface area contributed by atoms with Crippen molar-refractivity contribution in [2.24, 2.45) is 0 Å². The van der Waals surface area contributed by atoms with Gasteiger partial charge in [-0.3, -0.25) is 9.59 Å². The van der Waals surface area contributed by atoms with Crippen LogP contribution >= 0.6 is 0 Å². The summed E-state index contributed by atoms with van der Waals surface area (Å²) in [5, 5.41) is 36.0. The third-order valence-corrected chi connectivity index (χ3v) is 5.03. The molecule has 0 aliphatic rings. The van der Waals surface area contributed by atoms with E-state index >= 15 is 0 Å². The molecule has 0 radical (unpaired) electrons. The molecule has 1 rings (SSSR count). The van der Waals surface area contributed by atoms with Gasteiger partial charge in [-0.15, -0.1) is 0 Å². The molecule has 1 aromatic heterocycles. The topological polar surface area (TPSA) is 187 Å². The standard InChI is InChI=1S/C22H38N6O6/c1-2-3-6-11-16(19(33)34)25-22-27-20(23-14-9-4-7-12-17(29)30)26-21(28-22)24-15-10-5-8-13-18(31)32/h16H,2-15H2,1H3,(H,29,30)(H,31,32)(H,33,34)(H3,23,24,25,26,27,28). The van der Waals surface area contributed by atoms with Crippen LogP contribution in [0.4, 0.5) is 17.8 Å². The number of nitrogens with zero attached hydrogens (tertiary/aromatic N) is 3. The Bertz CT molecular complexity index is 719. The second kappa shape index (κ2) is 17.3. The Morgan fingerprint density at radius 2 is 1.21 bits per heavy atom. The molecule has 6 N–H and O–H groups in total. The highest BCUT2D eigenvalue weighted by Gasteiger charge is 2.19. The molecular weight excluding hydrogens is 444 g/mol. The van der Waals surface area contributed by atoms with Gasteiger partial charge in [-0.25, -0.2) is 4.79 Å². The molecule has 12 nitrogen and oxygen atoms in total. The largest absolute Gasteiger partial charge is 0.481 e. The fraction of sp³-hybridized carbons (Fsp3) is 0.727. The first-order valence-corrected chi connectivity index (χ1v) is 12.0. The summed E-state index contributed by atoms with van der Waals surface area (Å²) in [5.41, 5.74) is 0. The Labute approximate surface area is 200 Å². The minimum atomic E-state index is -0.975. The van der Waals surface area contributed by atoms with E-state index in [1.165, 1.54) is 0 Å². The second-order valence-corrected chi connectivity index (χ2v) is 8.10. The zero-order valence-corrected chi connectivity index (χ0v) is 19.9. The molecule has 0 saturated heterocycles. The van der Waals surface area contributed by atoms with E-state index in [4.69, 9.17) is 10.2 Å². The van der Waals surface area contributed by atoms with Crippen LogP contribution in [0.5, 0.6) is 0 Å². The number of unbranched alkanes of at least 4 members (excludes halogenated alkanes) is 6. The van der Waals surface area contributed by atoms with E-state index in [9.17, 15) is 19.5 Å². The fourth-order valence-corrected chi connectivity index (χ4v) is 3.17. The molecule has 0 bridgehead atoms. The van der Waals surface area contributed by atoms with Gasteiger partial charge in [-0.2, -0.15) is 15.0 Å². The van der Waals surface area contributed by atoms with Crippen molar-refractivity contribution in [3.05, 3.63) is 0 Å². The number of hydrogen-bond donors (Lipinski definition) is 6. The Hall–Kier alpha value is -3.18. The SMILES string of the molecule is CCCCCC(Nc1nc(NCCCCCC(=O)O)nc(NCCCCCC(=O)O)n1)C(=O)O. The van der Waals surface area contributed by atoms with Gasteiger partial charge in [0.05, 0.1) is 0 Å². The van der Waals surface area contributed by atoms with E-state index in [1.54, 1.807) is 0 Å². The Morgan fingerprint density at radius 3 is 1.65 bits per heavy atom. The van der Waals surface area contributed by atoms with E-state index < -0.39 is 23.9 Å². The Balaban J connectivity index is 2.73. The van der Waals surface area contributed by atoms with Crippen LogP contribution in [-0.2, 0) is 14.4 Å². The van der Waals surface area contributed by atoms with Crippen LogP contribution in [0.1, 0.15) is 84.0 Å². The van der Waals surface area contributed by atoms with E-state index in [0.29, 0.717) is 44.2 Å². The van der Waals surface area contributed by atoms with Crippen LogP contribution in [-0.4, -0.2) is 67.3 Å². The number of nitrogens with one attached hydrogen (secondary N) is 3. The average molecular weight is 483 g/mol. The Kier molecular flexibility index (Phi) is 14.7. The van der Waals surface area contributed by atoms with Crippen molar-refractivity contribution < 1.29 is 29.7 Å². The summed E-state index contributed by atoms with van der Waals surface area (Å²) in [6.45, 7) is 3.13. The van der Waals surface area contributed by atoms with Crippen molar-refractivity contribution in [2.75, 3.05) is 29.0 Å². The highest BCUT2D eigenvalue weighted by atomic mass is 16.4. The summed E-state index contributed by atoms with van der Waals surface area (Å²) in [5.74, 6) is -1.86. The number of aliphatic carboxylic acids is 3. The molecular formula is C22H38N6O6.